The zero-order valence-electron chi connectivity index (χ0n) is 33.3. The molecule has 2 saturated heterocycles. The normalized spacial score (nSPS) is 24.0. The minimum absolute atomic E-state index is 0.0135. The van der Waals surface area contributed by atoms with Gasteiger partial charge < -0.3 is 19.5 Å². The molecule has 0 bridgehead atoms. The molecule has 3 fully saturated rings. The summed E-state index contributed by atoms with van der Waals surface area (Å²) in [6.45, 7) is -0.209. The zero-order valence-corrected chi connectivity index (χ0v) is 34.8. The average molecular weight is 886 g/mol. The molecule has 0 aromatic heterocycles. The minimum Gasteiger partial charge on any atom is -0.497 e. The van der Waals surface area contributed by atoms with Gasteiger partial charge in [-0.25, -0.2) is 4.90 Å². The molecule has 62 heavy (non-hydrogen) atoms. The molecule has 4 aromatic rings. The van der Waals surface area contributed by atoms with E-state index in [1.165, 1.54) is 38.2 Å². The summed E-state index contributed by atoms with van der Waals surface area (Å²) >= 11 is 12.7. The van der Waals surface area contributed by atoms with Crippen molar-refractivity contribution in [2.24, 2.45) is 23.7 Å². The number of carbonyl (C=O) groups is 4. The van der Waals surface area contributed by atoms with Gasteiger partial charge in [-0.3, -0.25) is 44.8 Å². The Labute approximate surface area is 363 Å². The minimum atomic E-state index is -1.66. The number of aliphatic hydroxyl groups excluding tert-OH is 1. The van der Waals surface area contributed by atoms with Crippen molar-refractivity contribution in [1.29, 1.82) is 0 Å². The largest absolute Gasteiger partial charge is 0.497 e. The summed E-state index contributed by atoms with van der Waals surface area (Å²) in [4.78, 5) is 84.8. The second-order valence-corrected chi connectivity index (χ2v) is 16.5. The number of ether oxygens (including phenoxy) is 2. The Morgan fingerprint density at radius 3 is 2.10 bits per heavy atom. The van der Waals surface area contributed by atoms with E-state index in [2.05, 4.69) is 5.43 Å². The summed E-state index contributed by atoms with van der Waals surface area (Å²) in [7, 11) is 4.30. The highest BCUT2D eigenvalue weighted by molar-refractivity contribution is 6.36. The molecule has 2 N–H and O–H groups in total. The molecule has 2 aliphatic heterocycles. The smallest absolute Gasteiger partial charge is 0.301 e. The number of benzene rings is 4. The third-order valence-corrected chi connectivity index (χ3v) is 12.9. The van der Waals surface area contributed by atoms with Gasteiger partial charge >= 0.3 is 11.4 Å². The molecule has 8 rings (SSSR count). The summed E-state index contributed by atoms with van der Waals surface area (Å²) in [5.41, 5.74) is 1.15. The molecule has 17 nitrogen and oxygen atoms in total. The van der Waals surface area contributed by atoms with Crippen LogP contribution in [0.5, 0.6) is 11.5 Å². The van der Waals surface area contributed by atoms with Gasteiger partial charge in [-0.15, -0.1) is 0 Å². The van der Waals surface area contributed by atoms with E-state index in [0.717, 1.165) is 22.0 Å². The first kappa shape index (κ1) is 42.1. The van der Waals surface area contributed by atoms with E-state index in [9.17, 15) is 34.9 Å². The summed E-state index contributed by atoms with van der Waals surface area (Å²) in [6.07, 6.45) is 1.75. The quantitative estimate of drug-likeness (QED) is 0.0679. The van der Waals surface area contributed by atoms with Crippen molar-refractivity contribution < 1.29 is 43.6 Å². The Balaban J connectivity index is 1.31. The highest BCUT2D eigenvalue weighted by atomic mass is 35.5. The van der Waals surface area contributed by atoms with Gasteiger partial charge in [-0.05, 0) is 72.4 Å². The molecule has 320 valence electrons. The number of nitro groups is 2. The van der Waals surface area contributed by atoms with E-state index in [-0.39, 0.29) is 48.1 Å². The van der Waals surface area contributed by atoms with Crippen molar-refractivity contribution in [3.05, 3.63) is 132 Å². The number of hydrazine groups is 1. The van der Waals surface area contributed by atoms with E-state index < -0.39 is 79.9 Å². The Kier molecular flexibility index (Phi) is 10.9. The predicted octanol–water partition coefficient (Wildman–Crippen LogP) is 6.45. The number of nitrogens with zero attached hydrogens (tertiary/aromatic N) is 5. The first-order valence-corrected chi connectivity index (χ1v) is 20.2. The molecule has 0 spiro atoms. The second kappa shape index (κ2) is 16.0. The van der Waals surface area contributed by atoms with Crippen LogP contribution in [-0.2, 0) is 24.6 Å². The number of carbonyl (C=O) groups excluding carboxylic acids is 4. The highest BCUT2D eigenvalue weighted by Crippen LogP contribution is 2.64. The van der Waals surface area contributed by atoms with Crippen LogP contribution < -0.4 is 24.7 Å². The Morgan fingerprint density at radius 2 is 1.52 bits per heavy atom. The number of aliphatic hydroxyl groups is 1. The molecule has 4 aliphatic rings. The van der Waals surface area contributed by atoms with Gasteiger partial charge in [0.15, 0.2) is 5.69 Å². The summed E-state index contributed by atoms with van der Waals surface area (Å²) < 4.78 is 11.1. The fraction of sp³-hybridized carbons (Fsp3) is 0.302. The van der Waals surface area contributed by atoms with Crippen LogP contribution in [0.3, 0.4) is 0 Å². The number of methoxy groups -OCH3 is 1. The maximum absolute atomic E-state index is 15.5. The number of hydrogen-bond donors (Lipinski definition) is 2. The molecule has 2 aliphatic carbocycles. The topological polar surface area (TPSA) is 215 Å². The summed E-state index contributed by atoms with van der Waals surface area (Å²) in [5, 5.41) is 35.4. The van der Waals surface area contributed by atoms with Gasteiger partial charge in [-0.2, -0.15) is 5.01 Å². The summed E-state index contributed by atoms with van der Waals surface area (Å²) in [6, 6.07) is 20.1. The van der Waals surface area contributed by atoms with Gasteiger partial charge in [0, 0.05) is 37.2 Å². The SMILES string of the molecule is COc1ccc(C23C(=O)N(Nc4ccc(Cl)cc4Cl)C(=O)C2CC2C(=CCC4C(=O)N(c5cc([N+](=O)[O-])c(N(C)C)c([N+](=O)[O-])c5)C(=O)C42)C3c2ccc(OCCO)cc2)cc1. The third-order valence-electron chi connectivity index (χ3n) is 12.3. The van der Waals surface area contributed by atoms with Gasteiger partial charge in [-0.1, -0.05) is 59.1 Å². The number of fused-ring (bicyclic) bond motifs is 4. The third kappa shape index (κ3) is 6.58. The van der Waals surface area contributed by atoms with Crippen LogP contribution in [0.4, 0.5) is 28.4 Å². The molecule has 6 unspecified atom stereocenters. The van der Waals surface area contributed by atoms with Gasteiger partial charge in [0.2, 0.25) is 11.8 Å². The molecule has 1 saturated carbocycles. The van der Waals surface area contributed by atoms with Crippen LogP contribution in [0.2, 0.25) is 10.0 Å². The van der Waals surface area contributed by atoms with E-state index in [0.29, 0.717) is 33.2 Å². The summed E-state index contributed by atoms with van der Waals surface area (Å²) in [5.74, 6) is -6.83. The van der Waals surface area contributed by atoms with Crippen LogP contribution in [0.15, 0.2) is 90.5 Å². The molecule has 19 heteroatoms. The Morgan fingerprint density at radius 1 is 0.871 bits per heavy atom. The average Bonchev–Trinajstić information content (AvgIpc) is 3.63. The lowest BCUT2D eigenvalue weighted by molar-refractivity contribution is -0.392. The van der Waals surface area contributed by atoms with Crippen LogP contribution in [0, 0.1) is 43.9 Å². The second-order valence-electron chi connectivity index (χ2n) is 15.6. The number of nitro benzene ring substituents is 2. The Bertz CT molecular complexity index is 2550. The van der Waals surface area contributed by atoms with Crippen molar-refractivity contribution in [3.63, 3.8) is 0 Å². The van der Waals surface area contributed by atoms with Crippen LogP contribution >= 0.6 is 23.2 Å². The number of amides is 4. The maximum atomic E-state index is 15.5. The zero-order chi connectivity index (χ0) is 44.4. The number of nitrogens with one attached hydrogen (secondary N) is 1. The lowest BCUT2D eigenvalue weighted by Crippen LogP contribution is -2.53. The number of hydrogen-bond acceptors (Lipinski definition) is 13. The van der Waals surface area contributed by atoms with Crippen LogP contribution in [-0.4, -0.2) is 78.0 Å². The number of anilines is 3. The molecular formula is C43H38Cl2N6O11. The van der Waals surface area contributed by atoms with E-state index >= 15 is 9.59 Å². The van der Waals surface area contributed by atoms with E-state index in [1.807, 2.05) is 6.08 Å². The number of halogens is 2. The van der Waals surface area contributed by atoms with Crippen molar-refractivity contribution in [3.8, 4) is 11.5 Å². The monoisotopic (exact) mass is 884 g/mol. The van der Waals surface area contributed by atoms with E-state index in [1.54, 1.807) is 54.6 Å². The molecule has 4 amide bonds. The molecular weight excluding hydrogens is 847 g/mol. The van der Waals surface area contributed by atoms with Crippen molar-refractivity contribution in [2.45, 2.75) is 24.2 Å². The van der Waals surface area contributed by atoms with Gasteiger partial charge in [0.05, 0.1) is 63.1 Å². The van der Waals surface area contributed by atoms with E-state index in [4.69, 9.17) is 32.7 Å². The number of rotatable bonds is 12. The molecule has 0 radical (unpaired) electrons. The maximum Gasteiger partial charge on any atom is 0.301 e. The first-order chi connectivity index (χ1) is 29.6. The standard InChI is InChI=1S/C43H38Cl2N6O11/c1-47(2)38-34(50(57)58)19-25(20-35(38)51(59)60)48-39(53)29-14-13-28-30(36(29)41(48)55)21-31-40(54)49(46-33-15-8-24(44)18-32(33)45)42(56)43(31,23-6-11-26(61-3)12-7-23)37(28)22-4-9-27(10-5-22)62-17-16-52/h4-13,15,18-20,29-31,36-37,46,52H,14,16-17,21H2,1-3H3. The first-order valence-electron chi connectivity index (χ1n) is 19.4. The highest BCUT2D eigenvalue weighted by Gasteiger charge is 2.70. The Hall–Kier alpha value is -6.56. The molecule has 2 heterocycles. The molecule has 4 aromatic carbocycles. The molecule has 6 atom stereocenters. The lowest BCUT2D eigenvalue weighted by atomic mass is 9.49. The fourth-order valence-corrected chi connectivity index (χ4v) is 10.3. The predicted molar refractivity (Wildman–Crippen MR) is 226 cm³/mol. The van der Waals surface area contributed by atoms with Crippen LogP contribution in [0.1, 0.15) is 29.9 Å². The fourth-order valence-electron chi connectivity index (χ4n) is 9.85. The van der Waals surface area contributed by atoms with Gasteiger partial charge in [0.25, 0.3) is 11.8 Å². The van der Waals surface area contributed by atoms with Crippen molar-refractivity contribution in [2.75, 3.05) is 49.6 Å². The number of imide groups is 2. The number of allylic oxidation sites excluding steroid dienone is 2. The van der Waals surface area contributed by atoms with Crippen LogP contribution in [0.25, 0.3) is 0 Å². The lowest BCUT2D eigenvalue weighted by Gasteiger charge is -2.50. The van der Waals surface area contributed by atoms with Crippen molar-refractivity contribution >= 4 is 75.3 Å². The van der Waals surface area contributed by atoms with Gasteiger partial charge in [0.1, 0.15) is 18.1 Å². The van der Waals surface area contributed by atoms with Crippen molar-refractivity contribution in [1.82, 2.24) is 5.01 Å².